The molecule has 33 heavy (non-hydrogen) atoms. The van der Waals surface area contributed by atoms with E-state index >= 15 is 0 Å². The van der Waals surface area contributed by atoms with Gasteiger partial charge in [-0.05, 0) is 72.1 Å². The van der Waals surface area contributed by atoms with E-state index in [9.17, 15) is 9.59 Å². The van der Waals surface area contributed by atoms with Crippen molar-refractivity contribution in [1.29, 1.82) is 0 Å². The second kappa shape index (κ2) is 11.2. The summed E-state index contributed by atoms with van der Waals surface area (Å²) in [5.41, 5.74) is -0.505. The molecule has 1 heterocycles. The molecule has 186 valence electrons. The maximum absolute atomic E-state index is 12.6. The zero-order chi connectivity index (χ0) is 24.7. The molecule has 0 aliphatic carbocycles. The van der Waals surface area contributed by atoms with E-state index in [1.807, 2.05) is 72.7 Å². The molecule has 1 aliphatic rings. The number of rotatable bonds is 10. The SMILES string of the molecule is CCCOC(=O)CNC1(C(Cc2ccc(OC(C)(C)C)cc2)NC(=O)OC(C)(C)C)COC1. The van der Waals surface area contributed by atoms with Gasteiger partial charge in [0.2, 0.25) is 0 Å². The molecule has 8 nitrogen and oxygen atoms in total. The minimum absolute atomic E-state index is 0.0359. The van der Waals surface area contributed by atoms with Gasteiger partial charge in [0.25, 0.3) is 0 Å². The first kappa shape index (κ1) is 26.9. The van der Waals surface area contributed by atoms with Gasteiger partial charge in [0.15, 0.2) is 0 Å². The van der Waals surface area contributed by atoms with E-state index in [0.29, 0.717) is 26.2 Å². The number of alkyl carbamates (subject to hydrolysis) is 1. The average molecular weight is 465 g/mol. The fraction of sp³-hybridized carbons (Fsp3) is 0.680. The highest BCUT2D eigenvalue weighted by molar-refractivity contribution is 5.72. The predicted octanol–water partition coefficient (Wildman–Crippen LogP) is 3.61. The molecule has 1 atom stereocenters. The number of hydrogen-bond acceptors (Lipinski definition) is 7. The number of hydrogen-bond donors (Lipinski definition) is 2. The van der Waals surface area contributed by atoms with Crippen LogP contribution in [-0.2, 0) is 25.4 Å². The first-order valence-electron chi connectivity index (χ1n) is 11.6. The number of ether oxygens (including phenoxy) is 4. The van der Waals surface area contributed by atoms with Crippen LogP contribution in [0.4, 0.5) is 4.79 Å². The number of carbonyl (C=O) groups is 2. The lowest BCUT2D eigenvalue weighted by atomic mass is 9.83. The molecule has 0 spiro atoms. The molecular formula is C25H40N2O6. The van der Waals surface area contributed by atoms with Crippen LogP contribution in [0.25, 0.3) is 0 Å². The molecule has 2 rings (SSSR count). The number of benzene rings is 1. The van der Waals surface area contributed by atoms with Crippen LogP contribution in [-0.4, -0.2) is 61.2 Å². The van der Waals surface area contributed by atoms with Gasteiger partial charge in [0.05, 0.1) is 37.9 Å². The van der Waals surface area contributed by atoms with E-state index < -0.39 is 17.2 Å². The Morgan fingerprint density at radius 3 is 2.18 bits per heavy atom. The summed E-state index contributed by atoms with van der Waals surface area (Å²) in [5.74, 6) is 0.448. The monoisotopic (exact) mass is 464 g/mol. The number of carbonyl (C=O) groups excluding carboxylic acids is 2. The van der Waals surface area contributed by atoms with Gasteiger partial charge in [-0.15, -0.1) is 0 Å². The van der Waals surface area contributed by atoms with Crippen molar-refractivity contribution in [1.82, 2.24) is 10.6 Å². The van der Waals surface area contributed by atoms with Crippen LogP contribution in [0.15, 0.2) is 24.3 Å². The molecule has 1 saturated heterocycles. The van der Waals surface area contributed by atoms with E-state index in [1.54, 1.807) is 0 Å². The Balaban J connectivity index is 2.16. The molecule has 1 amide bonds. The Labute approximate surface area is 197 Å². The Morgan fingerprint density at radius 1 is 1.06 bits per heavy atom. The van der Waals surface area contributed by atoms with Gasteiger partial charge in [-0.1, -0.05) is 19.1 Å². The van der Waals surface area contributed by atoms with Crippen LogP contribution in [0.5, 0.6) is 5.75 Å². The molecule has 1 aliphatic heterocycles. The number of nitrogens with one attached hydrogen (secondary N) is 2. The van der Waals surface area contributed by atoms with E-state index in [0.717, 1.165) is 17.7 Å². The van der Waals surface area contributed by atoms with Gasteiger partial charge in [0.1, 0.15) is 17.0 Å². The highest BCUT2D eigenvalue weighted by atomic mass is 16.6. The van der Waals surface area contributed by atoms with Gasteiger partial charge >= 0.3 is 12.1 Å². The van der Waals surface area contributed by atoms with Gasteiger partial charge in [0, 0.05) is 0 Å². The maximum atomic E-state index is 12.6. The molecule has 0 radical (unpaired) electrons. The van der Waals surface area contributed by atoms with E-state index in [1.165, 1.54) is 0 Å². The highest BCUT2D eigenvalue weighted by Crippen LogP contribution is 2.26. The van der Waals surface area contributed by atoms with Crippen LogP contribution in [0.2, 0.25) is 0 Å². The standard InChI is InChI=1S/C25H40N2O6/c1-8-13-31-21(28)15-26-25(16-30-17-25)20(27-22(29)33-24(5,6)7)14-18-9-11-19(12-10-18)32-23(2,3)4/h9-12,20,26H,8,13-17H2,1-7H3,(H,27,29). The van der Waals surface area contributed by atoms with Crippen LogP contribution in [0, 0.1) is 0 Å². The minimum Gasteiger partial charge on any atom is -0.488 e. The van der Waals surface area contributed by atoms with Crippen molar-refractivity contribution >= 4 is 12.1 Å². The van der Waals surface area contributed by atoms with Crippen molar-refractivity contribution in [3.05, 3.63) is 29.8 Å². The second-order valence-corrected chi connectivity index (χ2v) is 10.5. The summed E-state index contributed by atoms with van der Waals surface area (Å²) >= 11 is 0. The minimum atomic E-state index is -0.624. The van der Waals surface area contributed by atoms with Crippen molar-refractivity contribution in [2.75, 3.05) is 26.4 Å². The lowest BCUT2D eigenvalue weighted by Crippen LogP contribution is -2.72. The number of esters is 1. The van der Waals surface area contributed by atoms with Crippen molar-refractivity contribution in [3.8, 4) is 5.75 Å². The van der Waals surface area contributed by atoms with E-state index in [2.05, 4.69) is 10.6 Å². The molecule has 8 heteroatoms. The molecule has 1 aromatic rings. The molecule has 0 saturated carbocycles. The van der Waals surface area contributed by atoms with Gasteiger partial charge in [-0.2, -0.15) is 0 Å². The predicted molar refractivity (Wildman–Crippen MR) is 126 cm³/mol. The third-order valence-electron chi connectivity index (χ3n) is 4.92. The summed E-state index contributed by atoms with van der Waals surface area (Å²) in [4.78, 5) is 24.7. The van der Waals surface area contributed by atoms with Gasteiger partial charge in [-0.3, -0.25) is 10.1 Å². The fourth-order valence-electron chi connectivity index (χ4n) is 3.38. The molecular weight excluding hydrogens is 424 g/mol. The van der Waals surface area contributed by atoms with Gasteiger partial charge in [-0.25, -0.2) is 4.79 Å². The third-order valence-corrected chi connectivity index (χ3v) is 4.92. The first-order valence-corrected chi connectivity index (χ1v) is 11.6. The normalized spacial score (nSPS) is 16.3. The third kappa shape index (κ3) is 9.21. The lowest BCUT2D eigenvalue weighted by Gasteiger charge is -2.47. The second-order valence-electron chi connectivity index (χ2n) is 10.5. The van der Waals surface area contributed by atoms with Crippen LogP contribution in [0.3, 0.4) is 0 Å². The molecule has 0 bridgehead atoms. The Kier molecular flexibility index (Phi) is 9.14. The molecule has 2 N–H and O–H groups in total. The first-order chi connectivity index (χ1) is 15.3. The van der Waals surface area contributed by atoms with Crippen LogP contribution in [0.1, 0.15) is 60.5 Å². The summed E-state index contributed by atoms with van der Waals surface area (Å²) in [6.45, 7) is 14.5. The molecule has 1 aromatic carbocycles. The summed E-state index contributed by atoms with van der Waals surface area (Å²) in [7, 11) is 0. The fourth-order valence-corrected chi connectivity index (χ4v) is 3.38. The van der Waals surface area contributed by atoms with Crippen LogP contribution < -0.4 is 15.4 Å². The summed E-state index contributed by atoms with van der Waals surface area (Å²) in [5, 5.41) is 6.28. The molecule has 1 unspecified atom stereocenters. The highest BCUT2D eigenvalue weighted by Gasteiger charge is 2.47. The smallest absolute Gasteiger partial charge is 0.407 e. The Morgan fingerprint density at radius 2 is 1.70 bits per heavy atom. The summed E-state index contributed by atoms with van der Waals surface area (Å²) in [6, 6.07) is 7.44. The molecule has 0 aromatic heterocycles. The zero-order valence-corrected chi connectivity index (χ0v) is 21.1. The van der Waals surface area contributed by atoms with E-state index in [-0.39, 0.29) is 24.2 Å². The lowest BCUT2D eigenvalue weighted by molar-refractivity contribution is -0.145. The Hall–Kier alpha value is -2.32. The average Bonchev–Trinajstić information content (AvgIpc) is 2.64. The quantitative estimate of drug-likeness (QED) is 0.511. The maximum Gasteiger partial charge on any atom is 0.407 e. The topological polar surface area (TPSA) is 95.1 Å². The summed E-state index contributed by atoms with van der Waals surface area (Å²) < 4.78 is 22.1. The Bertz CT molecular complexity index is 776. The molecule has 1 fully saturated rings. The largest absolute Gasteiger partial charge is 0.488 e. The van der Waals surface area contributed by atoms with Gasteiger partial charge < -0.3 is 24.3 Å². The van der Waals surface area contributed by atoms with E-state index in [4.69, 9.17) is 18.9 Å². The zero-order valence-electron chi connectivity index (χ0n) is 21.1. The summed E-state index contributed by atoms with van der Waals surface area (Å²) in [6.07, 6.45) is 0.773. The van der Waals surface area contributed by atoms with Crippen molar-refractivity contribution in [2.24, 2.45) is 0 Å². The number of amides is 1. The van der Waals surface area contributed by atoms with Crippen molar-refractivity contribution in [3.63, 3.8) is 0 Å². The van der Waals surface area contributed by atoms with Crippen LogP contribution >= 0.6 is 0 Å². The van der Waals surface area contributed by atoms with Crippen molar-refractivity contribution in [2.45, 2.75) is 84.1 Å². The van der Waals surface area contributed by atoms with Crippen molar-refractivity contribution < 1.29 is 28.5 Å².